The first-order valence-electron chi connectivity index (χ1n) is 10.6. The molecule has 1 amide bonds. The molecule has 0 bridgehead atoms. The van der Waals surface area contributed by atoms with Gasteiger partial charge in [-0.3, -0.25) is 4.79 Å². The SMILES string of the molecule is CCC(=O)N(Oc1ccc2c(c1)CCC(c1ccccc1)O2)C1CCCCC1. The Hall–Kier alpha value is -2.49. The van der Waals surface area contributed by atoms with Crippen LogP contribution < -0.4 is 9.57 Å². The summed E-state index contributed by atoms with van der Waals surface area (Å²) in [6, 6.07) is 16.5. The van der Waals surface area contributed by atoms with Crippen LogP contribution in [0.15, 0.2) is 48.5 Å². The van der Waals surface area contributed by atoms with Crippen LogP contribution in [0.25, 0.3) is 0 Å². The molecule has 1 saturated carbocycles. The average molecular weight is 380 g/mol. The summed E-state index contributed by atoms with van der Waals surface area (Å²) in [6.07, 6.45) is 8.09. The first-order valence-corrected chi connectivity index (χ1v) is 10.6. The predicted octanol–water partition coefficient (Wildman–Crippen LogP) is 5.62. The first-order chi connectivity index (χ1) is 13.7. The normalized spacial score (nSPS) is 19.4. The zero-order valence-electron chi connectivity index (χ0n) is 16.6. The monoisotopic (exact) mass is 379 g/mol. The maximum atomic E-state index is 12.5. The lowest BCUT2D eigenvalue weighted by Crippen LogP contribution is -2.43. The molecular formula is C24H29NO3. The molecule has 2 aromatic carbocycles. The summed E-state index contributed by atoms with van der Waals surface area (Å²) in [7, 11) is 0. The van der Waals surface area contributed by atoms with Crippen molar-refractivity contribution in [2.24, 2.45) is 0 Å². The van der Waals surface area contributed by atoms with Crippen LogP contribution in [0, 0.1) is 0 Å². The zero-order chi connectivity index (χ0) is 19.3. The van der Waals surface area contributed by atoms with Crippen molar-refractivity contribution in [3.8, 4) is 11.5 Å². The maximum absolute atomic E-state index is 12.5. The summed E-state index contributed by atoms with van der Waals surface area (Å²) in [5, 5.41) is 1.64. The summed E-state index contributed by atoms with van der Waals surface area (Å²) >= 11 is 0. The van der Waals surface area contributed by atoms with E-state index in [1.54, 1.807) is 5.06 Å². The van der Waals surface area contributed by atoms with E-state index in [0.717, 1.165) is 42.7 Å². The Morgan fingerprint density at radius 2 is 1.86 bits per heavy atom. The van der Waals surface area contributed by atoms with Gasteiger partial charge >= 0.3 is 0 Å². The quantitative estimate of drug-likeness (QED) is 0.633. The van der Waals surface area contributed by atoms with E-state index in [0.29, 0.717) is 6.42 Å². The summed E-state index contributed by atoms with van der Waals surface area (Å²) in [5.41, 5.74) is 2.36. The lowest BCUT2D eigenvalue weighted by atomic mass is 9.95. The molecule has 2 aliphatic rings. The second kappa shape index (κ2) is 8.68. The smallest absolute Gasteiger partial charge is 0.255 e. The Labute approximate surface area is 167 Å². The molecule has 1 unspecified atom stereocenters. The van der Waals surface area contributed by atoms with Gasteiger partial charge in [0.2, 0.25) is 0 Å². The van der Waals surface area contributed by atoms with Crippen molar-refractivity contribution >= 4 is 5.91 Å². The van der Waals surface area contributed by atoms with Gasteiger partial charge < -0.3 is 9.57 Å². The summed E-state index contributed by atoms with van der Waals surface area (Å²) < 4.78 is 6.23. The molecule has 0 saturated heterocycles. The van der Waals surface area contributed by atoms with Gasteiger partial charge in [-0.2, -0.15) is 5.06 Å². The number of carbonyl (C=O) groups is 1. The molecule has 0 radical (unpaired) electrons. The number of hydrogen-bond acceptors (Lipinski definition) is 3. The lowest BCUT2D eigenvalue weighted by Gasteiger charge is -2.33. The Morgan fingerprint density at radius 1 is 1.07 bits per heavy atom. The van der Waals surface area contributed by atoms with Gasteiger partial charge in [-0.1, -0.05) is 56.5 Å². The minimum absolute atomic E-state index is 0.0602. The molecule has 1 aliphatic carbocycles. The number of hydroxylamine groups is 2. The molecule has 4 rings (SSSR count). The van der Waals surface area contributed by atoms with Gasteiger partial charge in [-0.05, 0) is 55.0 Å². The molecule has 28 heavy (non-hydrogen) atoms. The van der Waals surface area contributed by atoms with E-state index in [1.807, 2.05) is 31.2 Å². The highest BCUT2D eigenvalue weighted by atomic mass is 16.7. The lowest BCUT2D eigenvalue weighted by molar-refractivity contribution is -0.167. The van der Waals surface area contributed by atoms with Gasteiger partial charge in [-0.15, -0.1) is 0 Å². The Kier molecular flexibility index (Phi) is 5.84. The van der Waals surface area contributed by atoms with Crippen molar-refractivity contribution in [1.29, 1.82) is 0 Å². The van der Waals surface area contributed by atoms with Crippen LogP contribution in [0.3, 0.4) is 0 Å². The molecular weight excluding hydrogens is 350 g/mol. The number of carbonyl (C=O) groups excluding carboxylic acids is 1. The number of aryl methyl sites for hydroxylation is 1. The molecule has 4 nitrogen and oxygen atoms in total. The Balaban J connectivity index is 1.48. The summed E-state index contributed by atoms with van der Waals surface area (Å²) in [5.74, 6) is 1.70. The fourth-order valence-electron chi connectivity index (χ4n) is 4.24. The number of nitrogens with zero attached hydrogens (tertiary/aromatic N) is 1. The Bertz CT molecular complexity index is 799. The van der Waals surface area contributed by atoms with Gasteiger partial charge in [0.25, 0.3) is 5.91 Å². The van der Waals surface area contributed by atoms with Crippen LogP contribution in [-0.4, -0.2) is 17.0 Å². The molecule has 148 valence electrons. The van der Waals surface area contributed by atoms with Crippen LogP contribution >= 0.6 is 0 Å². The number of fused-ring (bicyclic) bond motifs is 1. The van der Waals surface area contributed by atoms with E-state index in [-0.39, 0.29) is 18.1 Å². The number of hydrogen-bond donors (Lipinski definition) is 0. The highest BCUT2D eigenvalue weighted by molar-refractivity contribution is 5.75. The van der Waals surface area contributed by atoms with Crippen LogP contribution in [0.5, 0.6) is 11.5 Å². The molecule has 0 spiro atoms. The number of amides is 1. The molecule has 1 heterocycles. The summed E-state index contributed by atoms with van der Waals surface area (Å²) in [4.78, 5) is 18.6. The molecule has 1 aliphatic heterocycles. The molecule has 2 aromatic rings. The molecule has 0 N–H and O–H groups in total. The van der Waals surface area contributed by atoms with Crippen molar-refractivity contribution in [2.75, 3.05) is 0 Å². The first kappa shape index (κ1) is 18.9. The highest BCUT2D eigenvalue weighted by Crippen LogP contribution is 2.37. The zero-order valence-corrected chi connectivity index (χ0v) is 16.6. The predicted molar refractivity (Wildman–Crippen MR) is 109 cm³/mol. The molecule has 0 aromatic heterocycles. The third-order valence-corrected chi connectivity index (χ3v) is 5.81. The van der Waals surface area contributed by atoms with Crippen LogP contribution in [0.2, 0.25) is 0 Å². The standard InChI is InChI=1S/C24H29NO3/c1-2-24(26)25(20-11-7-4-8-12-20)28-21-14-16-23-19(17-21)13-15-22(27-23)18-9-5-3-6-10-18/h3,5-6,9-10,14,16-17,20,22H,2,4,7-8,11-13,15H2,1H3. The second-order valence-corrected chi connectivity index (χ2v) is 7.78. The number of ether oxygens (including phenoxy) is 1. The molecule has 4 heteroatoms. The van der Waals surface area contributed by atoms with Crippen LogP contribution in [0.1, 0.15) is 69.1 Å². The molecule has 1 fully saturated rings. The third-order valence-electron chi connectivity index (χ3n) is 5.81. The molecule has 1 atom stereocenters. The van der Waals surface area contributed by atoms with Crippen LogP contribution in [-0.2, 0) is 11.2 Å². The number of benzene rings is 2. The topological polar surface area (TPSA) is 38.8 Å². The Morgan fingerprint density at radius 3 is 2.61 bits per heavy atom. The van der Waals surface area contributed by atoms with E-state index in [9.17, 15) is 4.79 Å². The van der Waals surface area contributed by atoms with Crippen molar-refractivity contribution in [2.45, 2.75) is 70.4 Å². The van der Waals surface area contributed by atoms with Crippen molar-refractivity contribution < 1.29 is 14.4 Å². The number of rotatable bonds is 5. The van der Waals surface area contributed by atoms with Crippen molar-refractivity contribution in [1.82, 2.24) is 5.06 Å². The largest absolute Gasteiger partial charge is 0.485 e. The minimum Gasteiger partial charge on any atom is -0.485 e. The van der Waals surface area contributed by atoms with Crippen molar-refractivity contribution in [3.05, 3.63) is 59.7 Å². The van der Waals surface area contributed by atoms with Gasteiger partial charge in [0.05, 0.1) is 6.04 Å². The highest BCUT2D eigenvalue weighted by Gasteiger charge is 2.27. The third kappa shape index (κ3) is 4.16. The van der Waals surface area contributed by atoms with E-state index >= 15 is 0 Å². The van der Waals surface area contributed by atoms with E-state index in [4.69, 9.17) is 9.57 Å². The van der Waals surface area contributed by atoms with Crippen LogP contribution in [0.4, 0.5) is 0 Å². The second-order valence-electron chi connectivity index (χ2n) is 7.78. The minimum atomic E-state index is 0.0602. The average Bonchev–Trinajstić information content (AvgIpc) is 2.77. The fraction of sp³-hybridized carbons (Fsp3) is 0.458. The van der Waals surface area contributed by atoms with E-state index < -0.39 is 0 Å². The van der Waals surface area contributed by atoms with Gasteiger partial charge in [0.15, 0.2) is 5.75 Å². The van der Waals surface area contributed by atoms with Gasteiger partial charge in [-0.25, -0.2) is 0 Å². The fourth-order valence-corrected chi connectivity index (χ4v) is 4.24. The summed E-state index contributed by atoms with van der Waals surface area (Å²) in [6.45, 7) is 1.89. The van der Waals surface area contributed by atoms with Gasteiger partial charge in [0.1, 0.15) is 11.9 Å². The van der Waals surface area contributed by atoms with Crippen molar-refractivity contribution in [3.63, 3.8) is 0 Å². The van der Waals surface area contributed by atoms with E-state index in [2.05, 4.69) is 24.3 Å². The van der Waals surface area contributed by atoms with E-state index in [1.165, 1.54) is 24.8 Å². The maximum Gasteiger partial charge on any atom is 0.255 e. The van der Waals surface area contributed by atoms with Gasteiger partial charge in [0, 0.05) is 6.42 Å².